The molecule has 0 spiro atoms. The molecule has 0 unspecified atom stereocenters. The number of aliphatic hydroxyl groups excluding tert-OH is 4. The van der Waals surface area contributed by atoms with Crippen LogP contribution < -0.4 is 4.74 Å². The maximum absolute atomic E-state index is 14.5. The summed E-state index contributed by atoms with van der Waals surface area (Å²) in [5.74, 6) is -3.34. The van der Waals surface area contributed by atoms with E-state index in [1.807, 2.05) is 13.8 Å². The number of aromatic nitrogens is 2. The zero-order chi connectivity index (χ0) is 23.1. The molecule has 1 saturated heterocycles. The standard InChI is InChI=1S/C21H29FN2O7/c1-10(2)24-12(4)14(8-13-6-5-11(3)7-15(13)22)20(23-24)31-21(29)19(28)18(27)17(26)16(9-25)30-21/h5-7,10,16-19,25-29H,8-9H2,1-4H3/t16-,17-,18+,19-,21+/m1/s1. The van der Waals surface area contributed by atoms with Gasteiger partial charge in [0.2, 0.25) is 5.88 Å². The van der Waals surface area contributed by atoms with E-state index in [1.54, 1.807) is 30.7 Å². The van der Waals surface area contributed by atoms with E-state index in [2.05, 4.69) is 5.10 Å². The average molecular weight is 440 g/mol. The Hall–Kier alpha value is -2.08. The summed E-state index contributed by atoms with van der Waals surface area (Å²) in [5.41, 5.74) is 2.24. The summed E-state index contributed by atoms with van der Waals surface area (Å²) in [5, 5.41) is 54.8. The molecule has 1 aliphatic rings. The van der Waals surface area contributed by atoms with Crippen molar-refractivity contribution in [2.75, 3.05) is 6.61 Å². The summed E-state index contributed by atoms with van der Waals surface area (Å²) >= 11 is 0. The molecule has 1 aliphatic heterocycles. The zero-order valence-electron chi connectivity index (χ0n) is 17.9. The molecular weight excluding hydrogens is 411 g/mol. The topological polar surface area (TPSA) is 137 Å². The lowest BCUT2D eigenvalue weighted by atomic mass is 9.98. The minimum absolute atomic E-state index is 0.0841. The number of nitrogens with zero attached hydrogens (tertiary/aromatic N) is 2. The molecule has 9 nitrogen and oxygen atoms in total. The summed E-state index contributed by atoms with van der Waals surface area (Å²) in [4.78, 5) is 0. The molecule has 0 saturated carbocycles. The van der Waals surface area contributed by atoms with Crippen LogP contribution in [-0.4, -0.2) is 72.3 Å². The zero-order valence-corrected chi connectivity index (χ0v) is 17.9. The van der Waals surface area contributed by atoms with Crippen molar-refractivity contribution in [2.45, 2.75) is 70.5 Å². The Kier molecular flexibility index (Phi) is 6.70. The maximum atomic E-state index is 14.5. The fraction of sp³-hybridized carbons (Fsp3) is 0.571. The van der Waals surface area contributed by atoms with Gasteiger partial charge in [-0.15, -0.1) is 5.10 Å². The van der Waals surface area contributed by atoms with Gasteiger partial charge in [0.05, 0.1) is 6.61 Å². The highest BCUT2D eigenvalue weighted by atomic mass is 19.1. The lowest BCUT2D eigenvalue weighted by Gasteiger charge is -2.43. The van der Waals surface area contributed by atoms with E-state index in [4.69, 9.17) is 9.47 Å². The van der Waals surface area contributed by atoms with Crippen molar-refractivity contribution in [3.05, 3.63) is 46.4 Å². The van der Waals surface area contributed by atoms with Crippen LogP contribution >= 0.6 is 0 Å². The molecule has 5 atom stereocenters. The van der Waals surface area contributed by atoms with Gasteiger partial charge in [-0.3, -0.25) is 4.68 Å². The Labute approximate surface area is 179 Å². The molecule has 0 aliphatic carbocycles. The third kappa shape index (κ3) is 4.45. The van der Waals surface area contributed by atoms with Gasteiger partial charge < -0.3 is 35.0 Å². The first kappa shape index (κ1) is 23.6. The summed E-state index contributed by atoms with van der Waals surface area (Å²) in [7, 11) is 0. The average Bonchev–Trinajstić information content (AvgIpc) is 3.01. The van der Waals surface area contributed by atoms with Crippen molar-refractivity contribution in [2.24, 2.45) is 0 Å². The van der Waals surface area contributed by atoms with E-state index in [9.17, 15) is 29.9 Å². The second-order valence-electron chi connectivity index (χ2n) is 8.18. The van der Waals surface area contributed by atoms with Gasteiger partial charge in [0, 0.05) is 23.7 Å². The van der Waals surface area contributed by atoms with Gasteiger partial charge in [-0.2, -0.15) is 0 Å². The number of aliphatic hydroxyl groups is 5. The van der Waals surface area contributed by atoms with Crippen LogP contribution in [0.15, 0.2) is 18.2 Å². The van der Waals surface area contributed by atoms with Crippen LogP contribution in [0.5, 0.6) is 5.88 Å². The number of halogens is 1. The summed E-state index contributed by atoms with van der Waals surface area (Å²) in [6.45, 7) is 6.55. The quantitative estimate of drug-likeness (QED) is 0.405. The summed E-state index contributed by atoms with van der Waals surface area (Å²) in [6, 6.07) is 4.72. The fourth-order valence-corrected chi connectivity index (χ4v) is 3.65. The summed E-state index contributed by atoms with van der Waals surface area (Å²) < 4.78 is 26.8. The van der Waals surface area contributed by atoms with E-state index in [1.165, 1.54) is 6.07 Å². The molecule has 1 aromatic heterocycles. The fourth-order valence-electron chi connectivity index (χ4n) is 3.65. The number of aryl methyl sites for hydroxylation is 1. The second-order valence-corrected chi connectivity index (χ2v) is 8.18. The van der Waals surface area contributed by atoms with E-state index in [0.717, 1.165) is 5.56 Å². The van der Waals surface area contributed by atoms with Gasteiger partial charge in [-0.1, -0.05) is 12.1 Å². The minimum atomic E-state index is -2.80. The SMILES string of the molecule is Cc1ccc(Cc2c(O[C@@]3(O)O[C@H](CO)[C@@H](O)[C@H](O)[C@H]3O)nn(C(C)C)c2C)c(F)c1. The van der Waals surface area contributed by atoms with E-state index < -0.39 is 42.8 Å². The predicted octanol–water partition coefficient (Wildman–Crippen LogP) is 0.309. The van der Waals surface area contributed by atoms with Gasteiger partial charge in [-0.25, -0.2) is 4.39 Å². The molecule has 2 heterocycles. The van der Waals surface area contributed by atoms with Gasteiger partial charge in [-0.05, 0) is 44.9 Å². The van der Waals surface area contributed by atoms with Crippen molar-refractivity contribution in [1.29, 1.82) is 0 Å². The van der Waals surface area contributed by atoms with Crippen molar-refractivity contribution in [3.8, 4) is 5.88 Å². The van der Waals surface area contributed by atoms with Crippen LogP contribution in [0.3, 0.4) is 0 Å². The van der Waals surface area contributed by atoms with E-state index in [-0.39, 0.29) is 18.3 Å². The van der Waals surface area contributed by atoms with Crippen molar-refractivity contribution < 1.29 is 39.4 Å². The van der Waals surface area contributed by atoms with E-state index in [0.29, 0.717) is 16.8 Å². The predicted molar refractivity (Wildman–Crippen MR) is 107 cm³/mol. The number of hydrogen-bond acceptors (Lipinski definition) is 8. The molecule has 10 heteroatoms. The number of rotatable bonds is 6. The Morgan fingerprint density at radius 2 is 1.90 bits per heavy atom. The molecule has 0 radical (unpaired) electrons. The van der Waals surface area contributed by atoms with Crippen molar-refractivity contribution >= 4 is 0 Å². The third-order valence-electron chi connectivity index (χ3n) is 5.47. The smallest absolute Gasteiger partial charge is 0.356 e. The Bertz CT molecular complexity index is 933. The van der Waals surface area contributed by atoms with Gasteiger partial charge in [0.25, 0.3) is 0 Å². The first-order valence-electron chi connectivity index (χ1n) is 10.1. The highest BCUT2D eigenvalue weighted by Crippen LogP contribution is 2.34. The second kappa shape index (κ2) is 8.81. The maximum Gasteiger partial charge on any atom is 0.356 e. The normalized spacial score (nSPS) is 28.9. The molecule has 2 aromatic rings. The van der Waals surface area contributed by atoms with Crippen LogP contribution in [0.25, 0.3) is 0 Å². The largest absolute Gasteiger partial charge is 0.417 e. The molecule has 0 amide bonds. The number of benzene rings is 1. The molecule has 0 bridgehead atoms. The molecule has 1 aromatic carbocycles. The molecular formula is C21H29FN2O7. The van der Waals surface area contributed by atoms with Crippen LogP contribution in [-0.2, 0) is 11.2 Å². The van der Waals surface area contributed by atoms with Crippen molar-refractivity contribution in [1.82, 2.24) is 9.78 Å². The van der Waals surface area contributed by atoms with Gasteiger partial charge in [0.1, 0.15) is 24.1 Å². The number of hydrogen-bond donors (Lipinski definition) is 5. The molecule has 3 rings (SSSR count). The Morgan fingerprint density at radius 3 is 2.48 bits per heavy atom. The van der Waals surface area contributed by atoms with Crippen LogP contribution in [0.1, 0.15) is 42.3 Å². The van der Waals surface area contributed by atoms with Crippen LogP contribution in [0, 0.1) is 19.7 Å². The Morgan fingerprint density at radius 1 is 1.23 bits per heavy atom. The minimum Gasteiger partial charge on any atom is -0.417 e. The monoisotopic (exact) mass is 440 g/mol. The first-order valence-corrected chi connectivity index (χ1v) is 10.1. The number of ether oxygens (including phenoxy) is 2. The molecule has 31 heavy (non-hydrogen) atoms. The van der Waals surface area contributed by atoms with Crippen LogP contribution in [0.4, 0.5) is 4.39 Å². The van der Waals surface area contributed by atoms with Crippen molar-refractivity contribution in [3.63, 3.8) is 0 Å². The van der Waals surface area contributed by atoms with Gasteiger partial charge >= 0.3 is 5.97 Å². The summed E-state index contributed by atoms with van der Waals surface area (Å²) in [6.07, 6.45) is -6.86. The Balaban J connectivity index is 2.01. The van der Waals surface area contributed by atoms with Gasteiger partial charge in [0.15, 0.2) is 6.10 Å². The van der Waals surface area contributed by atoms with Crippen LogP contribution in [0.2, 0.25) is 0 Å². The lowest BCUT2D eigenvalue weighted by molar-refractivity contribution is -0.423. The van der Waals surface area contributed by atoms with E-state index >= 15 is 0 Å². The third-order valence-corrected chi connectivity index (χ3v) is 5.47. The first-order chi connectivity index (χ1) is 14.5. The molecule has 1 fully saturated rings. The lowest BCUT2D eigenvalue weighted by Crippen LogP contribution is -2.67. The molecule has 5 N–H and O–H groups in total. The molecule has 172 valence electrons. The highest BCUT2D eigenvalue weighted by molar-refractivity contribution is 5.38. The highest BCUT2D eigenvalue weighted by Gasteiger charge is 2.55.